The molecule has 2 fully saturated rings. The topological polar surface area (TPSA) is 64.8 Å². The van der Waals surface area contributed by atoms with Crippen LogP contribution in [0.1, 0.15) is 42.7 Å². The summed E-state index contributed by atoms with van der Waals surface area (Å²) in [6.07, 6.45) is 4.30. The van der Waals surface area contributed by atoms with E-state index < -0.39 is 0 Å². The number of aromatic nitrogens is 1. The maximum Gasteiger partial charge on any atom is 0.227 e. The molecule has 1 atom stereocenters. The first-order chi connectivity index (χ1) is 11.1. The summed E-state index contributed by atoms with van der Waals surface area (Å²) < 4.78 is 16.9. The average Bonchev–Trinajstić information content (AvgIpc) is 2.88. The third-order valence-electron chi connectivity index (χ3n) is 5.34. The third kappa shape index (κ3) is 3.15. The molecule has 3 rings (SSSR count). The van der Waals surface area contributed by atoms with Crippen LogP contribution >= 0.6 is 0 Å². The van der Waals surface area contributed by atoms with E-state index in [1.807, 2.05) is 18.7 Å². The van der Waals surface area contributed by atoms with Crippen molar-refractivity contribution in [3.8, 4) is 0 Å². The van der Waals surface area contributed by atoms with Gasteiger partial charge in [0, 0.05) is 32.4 Å². The van der Waals surface area contributed by atoms with Crippen molar-refractivity contribution in [2.45, 2.75) is 57.7 Å². The number of methoxy groups -OCH3 is 1. The first kappa shape index (κ1) is 16.5. The van der Waals surface area contributed by atoms with E-state index in [0.29, 0.717) is 6.42 Å². The standard InChI is InChI=1S/C17H26N2O4/c1-12-14(13(2)23-18-12)11-16(20)19-8-6-17(7-9-19)15(21-3)5-4-10-22-17/h15H,4-11H2,1-3H3/t15-/m1/s1. The second-order valence-electron chi connectivity index (χ2n) is 6.64. The van der Waals surface area contributed by atoms with Crippen molar-refractivity contribution >= 4 is 5.91 Å². The molecule has 0 aliphatic carbocycles. The Balaban J connectivity index is 1.61. The molecule has 0 saturated carbocycles. The molecule has 2 aliphatic rings. The first-order valence-corrected chi connectivity index (χ1v) is 8.42. The van der Waals surface area contributed by atoms with E-state index in [1.54, 1.807) is 7.11 Å². The summed E-state index contributed by atoms with van der Waals surface area (Å²) in [5.74, 6) is 0.874. The number of aryl methyl sites for hydroxylation is 2. The fourth-order valence-corrected chi connectivity index (χ4v) is 3.85. The second kappa shape index (κ2) is 6.61. The lowest BCUT2D eigenvalue weighted by molar-refractivity contribution is -0.188. The van der Waals surface area contributed by atoms with Gasteiger partial charge in [-0.15, -0.1) is 0 Å². The van der Waals surface area contributed by atoms with Crippen LogP contribution in [0.3, 0.4) is 0 Å². The molecule has 128 valence electrons. The van der Waals surface area contributed by atoms with E-state index in [2.05, 4.69) is 5.16 Å². The molecular weight excluding hydrogens is 296 g/mol. The predicted octanol–water partition coefficient (Wildman–Crippen LogP) is 2.02. The highest BCUT2D eigenvalue weighted by atomic mass is 16.5. The molecule has 2 saturated heterocycles. The highest BCUT2D eigenvalue weighted by molar-refractivity contribution is 5.79. The summed E-state index contributed by atoms with van der Waals surface area (Å²) in [4.78, 5) is 14.5. The van der Waals surface area contributed by atoms with E-state index in [1.165, 1.54) is 0 Å². The van der Waals surface area contributed by atoms with Gasteiger partial charge in [-0.2, -0.15) is 0 Å². The van der Waals surface area contributed by atoms with Gasteiger partial charge in [-0.05, 0) is 39.5 Å². The number of nitrogens with zero attached hydrogens (tertiary/aromatic N) is 2. The summed E-state index contributed by atoms with van der Waals surface area (Å²) >= 11 is 0. The zero-order valence-electron chi connectivity index (χ0n) is 14.3. The Hall–Kier alpha value is -1.40. The fourth-order valence-electron chi connectivity index (χ4n) is 3.85. The summed E-state index contributed by atoms with van der Waals surface area (Å²) in [6.45, 7) is 5.98. The van der Waals surface area contributed by atoms with Gasteiger partial charge in [0.25, 0.3) is 0 Å². The van der Waals surface area contributed by atoms with Crippen molar-refractivity contribution < 1.29 is 18.8 Å². The van der Waals surface area contributed by atoms with Crippen LogP contribution < -0.4 is 0 Å². The number of piperidine rings is 1. The minimum absolute atomic E-state index is 0.138. The number of ether oxygens (including phenoxy) is 2. The van der Waals surface area contributed by atoms with Gasteiger partial charge in [0.1, 0.15) is 5.76 Å². The van der Waals surface area contributed by atoms with Gasteiger partial charge in [0.15, 0.2) is 0 Å². The van der Waals surface area contributed by atoms with E-state index in [0.717, 1.165) is 62.4 Å². The summed E-state index contributed by atoms with van der Waals surface area (Å²) in [5.41, 5.74) is 1.52. The highest BCUT2D eigenvalue weighted by Gasteiger charge is 2.45. The molecule has 1 aromatic rings. The van der Waals surface area contributed by atoms with E-state index in [-0.39, 0.29) is 17.6 Å². The van der Waals surface area contributed by atoms with E-state index in [9.17, 15) is 4.79 Å². The molecular formula is C17H26N2O4. The monoisotopic (exact) mass is 322 g/mol. The number of carbonyl (C=O) groups is 1. The summed E-state index contributed by atoms with van der Waals surface area (Å²) in [6, 6.07) is 0. The molecule has 0 aromatic carbocycles. The van der Waals surface area contributed by atoms with Crippen LogP contribution in [0, 0.1) is 13.8 Å². The number of hydrogen-bond donors (Lipinski definition) is 0. The van der Waals surface area contributed by atoms with E-state index in [4.69, 9.17) is 14.0 Å². The zero-order valence-corrected chi connectivity index (χ0v) is 14.3. The molecule has 0 radical (unpaired) electrons. The van der Waals surface area contributed by atoms with Crippen molar-refractivity contribution in [2.24, 2.45) is 0 Å². The van der Waals surface area contributed by atoms with Crippen LogP contribution in [0.5, 0.6) is 0 Å². The Bertz CT molecular complexity index is 541. The maximum absolute atomic E-state index is 12.6. The highest BCUT2D eigenvalue weighted by Crippen LogP contribution is 2.36. The summed E-state index contributed by atoms with van der Waals surface area (Å²) in [5, 5.41) is 3.92. The molecule has 1 spiro atoms. The Kier molecular flexibility index (Phi) is 4.73. The minimum atomic E-state index is -0.202. The van der Waals surface area contributed by atoms with Gasteiger partial charge >= 0.3 is 0 Å². The van der Waals surface area contributed by atoms with E-state index >= 15 is 0 Å². The van der Waals surface area contributed by atoms with Crippen LogP contribution in [0.25, 0.3) is 0 Å². The van der Waals surface area contributed by atoms with Crippen molar-refractivity contribution in [3.05, 3.63) is 17.0 Å². The number of rotatable bonds is 3. The number of hydrogen-bond acceptors (Lipinski definition) is 5. The smallest absolute Gasteiger partial charge is 0.227 e. The number of carbonyl (C=O) groups excluding carboxylic acids is 1. The predicted molar refractivity (Wildman–Crippen MR) is 84.2 cm³/mol. The molecule has 0 bridgehead atoms. The minimum Gasteiger partial charge on any atom is -0.378 e. The molecule has 1 aromatic heterocycles. The van der Waals surface area contributed by atoms with Crippen LogP contribution in [0.15, 0.2) is 4.52 Å². The van der Waals surface area contributed by atoms with Crippen molar-refractivity contribution in [3.63, 3.8) is 0 Å². The van der Waals surface area contributed by atoms with Gasteiger partial charge in [0.2, 0.25) is 5.91 Å². The lowest BCUT2D eigenvalue weighted by Crippen LogP contribution is -2.56. The maximum atomic E-state index is 12.6. The van der Waals surface area contributed by atoms with Crippen LogP contribution in [-0.2, 0) is 20.7 Å². The normalized spacial score (nSPS) is 24.1. The molecule has 23 heavy (non-hydrogen) atoms. The molecule has 1 amide bonds. The zero-order chi connectivity index (χ0) is 16.4. The molecule has 3 heterocycles. The second-order valence-corrected chi connectivity index (χ2v) is 6.64. The Labute approximate surface area is 137 Å². The number of likely N-dealkylation sites (tertiary alicyclic amines) is 1. The Morgan fingerprint density at radius 3 is 2.74 bits per heavy atom. The molecule has 6 heteroatoms. The van der Waals surface area contributed by atoms with Gasteiger partial charge in [-0.3, -0.25) is 4.79 Å². The van der Waals surface area contributed by atoms with Crippen LogP contribution in [0.4, 0.5) is 0 Å². The van der Waals surface area contributed by atoms with Crippen molar-refractivity contribution in [1.82, 2.24) is 10.1 Å². The lowest BCUT2D eigenvalue weighted by Gasteiger charge is -2.48. The number of amides is 1. The molecule has 6 nitrogen and oxygen atoms in total. The molecule has 0 N–H and O–H groups in total. The molecule has 2 aliphatic heterocycles. The van der Waals surface area contributed by atoms with Gasteiger partial charge < -0.3 is 18.9 Å². The first-order valence-electron chi connectivity index (χ1n) is 8.42. The fraction of sp³-hybridized carbons (Fsp3) is 0.765. The van der Waals surface area contributed by atoms with Crippen molar-refractivity contribution in [2.75, 3.05) is 26.8 Å². The molecule has 0 unspecified atom stereocenters. The average molecular weight is 322 g/mol. The Morgan fingerprint density at radius 1 is 1.39 bits per heavy atom. The van der Waals surface area contributed by atoms with Crippen LogP contribution in [-0.4, -0.2) is 54.5 Å². The van der Waals surface area contributed by atoms with Crippen LogP contribution in [0.2, 0.25) is 0 Å². The third-order valence-corrected chi connectivity index (χ3v) is 5.34. The quantitative estimate of drug-likeness (QED) is 0.852. The van der Waals surface area contributed by atoms with Gasteiger partial charge in [0.05, 0.1) is 23.8 Å². The Morgan fingerprint density at radius 2 is 2.13 bits per heavy atom. The van der Waals surface area contributed by atoms with Gasteiger partial charge in [-0.25, -0.2) is 0 Å². The largest absolute Gasteiger partial charge is 0.378 e. The van der Waals surface area contributed by atoms with Crippen molar-refractivity contribution in [1.29, 1.82) is 0 Å². The summed E-state index contributed by atoms with van der Waals surface area (Å²) in [7, 11) is 1.76. The van der Waals surface area contributed by atoms with Gasteiger partial charge in [-0.1, -0.05) is 5.16 Å². The SMILES string of the molecule is CO[C@@H]1CCCOC12CCN(C(=O)Cc1c(C)noc1C)CC2. The lowest BCUT2D eigenvalue weighted by atomic mass is 9.81.